The van der Waals surface area contributed by atoms with Crippen LogP contribution in [0.3, 0.4) is 0 Å². The lowest BCUT2D eigenvalue weighted by molar-refractivity contribution is -0.274. The topological polar surface area (TPSA) is 62.3 Å². The van der Waals surface area contributed by atoms with E-state index in [1.165, 1.54) is 12.1 Å². The van der Waals surface area contributed by atoms with Crippen molar-refractivity contribution >= 4 is 52.5 Å². The van der Waals surface area contributed by atoms with E-state index in [1.807, 2.05) is 25.1 Å². The Labute approximate surface area is 206 Å². The summed E-state index contributed by atoms with van der Waals surface area (Å²) in [7, 11) is 3.79. The molecule has 1 aliphatic carbocycles. The minimum atomic E-state index is -4.72. The molecule has 12 heteroatoms. The third-order valence-corrected chi connectivity index (χ3v) is 5.68. The minimum Gasteiger partial charge on any atom is -0.405 e. The first-order valence-electron chi connectivity index (χ1n) is 9.73. The van der Waals surface area contributed by atoms with Gasteiger partial charge in [-0.1, -0.05) is 34.1 Å². The fourth-order valence-electron chi connectivity index (χ4n) is 3.46. The lowest BCUT2D eigenvalue weighted by Gasteiger charge is -2.32. The number of para-hydroxylation sites is 1. The summed E-state index contributed by atoms with van der Waals surface area (Å²) in [5.74, 6) is 1.24. The van der Waals surface area contributed by atoms with Gasteiger partial charge in [-0.3, -0.25) is 5.32 Å². The first-order valence-corrected chi connectivity index (χ1v) is 10.6. The number of alkyl halides is 4. The van der Waals surface area contributed by atoms with Gasteiger partial charge in [0, 0.05) is 37.9 Å². The van der Waals surface area contributed by atoms with E-state index in [2.05, 4.69) is 41.3 Å². The molecule has 2 aromatic rings. The largest absolute Gasteiger partial charge is 0.573 e. The summed E-state index contributed by atoms with van der Waals surface area (Å²) in [6, 6.07) is 8.50. The molecule has 2 N–H and O–H groups in total. The van der Waals surface area contributed by atoms with Crippen LogP contribution >= 0.6 is 40.7 Å². The fourth-order valence-corrected chi connectivity index (χ4v) is 4.21. The molecule has 3 rings (SSSR count). The second-order valence-corrected chi connectivity index (χ2v) is 8.36. The maximum atomic E-state index is 12.7. The van der Waals surface area contributed by atoms with E-state index in [0.717, 1.165) is 31.5 Å². The zero-order valence-electron chi connectivity index (χ0n) is 17.6. The van der Waals surface area contributed by atoms with Crippen LogP contribution in [0.25, 0.3) is 0 Å². The number of nitrogens with zero attached hydrogens (tertiary/aromatic N) is 3. The molecule has 0 radical (unpaired) electrons. The van der Waals surface area contributed by atoms with Crippen molar-refractivity contribution in [2.45, 2.75) is 49.1 Å². The van der Waals surface area contributed by atoms with E-state index in [-0.39, 0.29) is 36.6 Å². The van der Waals surface area contributed by atoms with Crippen molar-refractivity contribution in [3.05, 3.63) is 42.1 Å². The molecule has 1 aromatic heterocycles. The van der Waals surface area contributed by atoms with Crippen molar-refractivity contribution < 1.29 is 17.9 Å². The molecule has 1 aromatic carbocycles. The average molecular weight is 561 g/mol. The molecule has 1 unspecified atom stereocenters. The first kappa shape index (κ1) is 28.5. The number of anilines is 2. The first-order chi connectivity index (χ1) is 14.2. The number of hydrogen-bond acceptors (Lipinski definition) is 6. The molecular formula is C20H27BrCl2F3N5O. The van der Waals surface area contributed by atoms with Gasteiger partial charge in [0.05, 0.1) is 4.95 Å². The van der Waals surface area contributed by atoms with Crippen LogP contribution in [0.1, 0.15) is 36.2 Å². The molecule has 0 saturated heterocycles. The molecule has 0 amide bonds. The maximum absolute atomic E-state index is 12.7. The van der Waals surface area contributed by atoms with Crippen molar-refractivity contribution in [2.75, 3.05) is 24.3 Å². The number of halogens is 6. The molecule has 1 atom stereocenters. The Morgan fingerprint density at radius 2 is 1.69 bits per heavy atom. The summed E-state index contributed by atoms with van der Waals surface area (Å²) >= 11 is 3.47. The number of nitrogens with one attached hydrogen (secondary N) is 2. The molecule has 1 aliphatic rings. The van der Waals surface area contributed by atoms with Gasteiger partial charge in [0.15, 0.2) is 0 Å². The summed E-state index contributed by atoms with van der Waals surface area (Å²) in [5, 5.41) is 6.83. The number of aromatic nitrogens is 2. The summed E-state index contributed by atoms with van der Waals surface area (Å²) in [6.45, 7) is 0. The number of ether oxygens (including phenoxy) is 1. The van der Waals surface area contributed by atoms with Crippen LogP contribution in [0, 0.1) is 0 Å². The molecule has 0 spiro atoms. The van der Waals surface area contributed by atoms with Gasteiger partial charge in [-0.25, -0.2) is 4.98 Å². The van der Waals surface area contributed by atoms with Crippen molar-refractivity contribution in [3.8, 4) is 5.75 Å². The van der Waals surface area contributed by atoms with Gasteiger partial charge in [0.25, 0.3) is 0 Å². The van der Waals surface area contributed by atoms with Crippen LogP contribution in [-0.4, -0.2) is 42.5 Å². The zero-order chi connectivity index (χ0) is 21.7. The quantitative estimate of drug-likeness (QED) is 0.335. The smallest absolute Gasteiger partial charge is 0.405 e. The standard InChI is InChI=1S/C20H25BrF3N5O.2ClH/c1-29(2)19-25-12-11-17(28-19)26-13-7-9-14(10-8-13)27-18(21)15-5-3-4-6-16(15)30-20(22,23)24;;/h3-6,11-14,18,27H,7-10H2,1-2H3,(H,25,26,28);2*1H. The Morgan fingerprint density at radius 1 is 1.06 bits per heavy atom. The molecule has 1 saturated carbocycles. The monoisotopic (exact) mass is 559 g/mol. The normalized spacial score (nSPS) is 19.2. The molecule has 32 heavy (non-hydrogen) atoms. The van der Waals surface area contributed by atoms with Gasteiger partial charge in [-0.2, -0.15) is 4.98 Å². The van der Waals surface area contributed by atoms with E-state index in [4.69, 9.17) is 0 Å². The van der Waals surface area contributed by atoms with Crippen LogP contribution in [0.5, 0.6) is 5.75 Å². The van der Waals surface area contributed by atoms with Crippen LogP contribution < -0.4 is 20.3 Å². The molecule has 180 valence electrons. The van der Waals surface area contributed by atoms with Crippen molar-refractivity contribution in [2.24, 2.45) is 0 Å². The molecular weight excluding hydrogens is 534 g/mol. The third-order valence-electron chi connectivity index (χ3n) is 4.92. The zero-order valence-corrected chi connectivity index (χ0v) is 20.8. The van der Waals surface area contributed by atoms with Gasteiger partial charge in [0.1, 0.15) is 11.6 Å². The number of hydrogen-bond donors (Lipinski definition) is 2. The lowest BCUT2D eigenvalue weighted by Crippen LogP contribution is -2.37. The highest BCUT2D eigenvalue weighted by molar-refractivity contribution is 9.09. The SMILES string of the molecule is CN(C)c1nccc(NC2CCC(NC(Br)c3ccccc3OC(F)(F)F)CC2)n1.Cl.Cl. The van der Waals surface area contributed by atoms with E-state index < -0.39 is 11.3 Å². The van der Waals surface area contributed by atoms with Crippen LogP contribution in [0.15, 0.2) is 36.5 Å². The Bertz CT molecular complexity index is 839. The summed E-state index contributed by atoms with van der Waals surface area (Å²) in [4.78, 5) is 10.1. The predicted octanol–water partition coefficient (Wildman–Crippen LogP) is 5.69. The predicted molar refractivity (Wildman–Crippen MR) is 128 cm³/mol. The van der Waals surface area contributed by atoms with E-state index in [0.29, 0.717) is 17.6 Å². The number of rotatable bonds is 7. The van der Waals surface area contributed by atoms with Crippen LogP contribution in [0.4, 0.5) is 24.9 Å². The molecule has 6 nitrogen and oxygen atoms in total. The summed E-state index contributed by atoms with van der Waals surface area (Å²) < 4.78 is 42.1. The highest BCUT2D eigenvalue weighted by Gasteiger charge is 2.33. The van der Waals surface area contributed by atoms with Gasteiger partial charge in [0.2, 0.25) is 5.95 Å². The van der Waals surface area contributed by atoms with Crippen LogP contribution in [-0.2, 0) is 0 Å². The van der Waals surface area contributed by atoms with E-state index in [9.17, 15) is 13.2 Å². The second-order valence-electron chi connectivity index (χ2n) is 7.44. The molecule has 0 bridgehead atoms. The Kier molecular flexibility index (Phi) is 11.3. The van der Waals surface area contributed by atoms with Crippen molar-refractivity contribution in [1.29, 1.82) is 0 Å². The van der Waals surface area contributed by atoms with Gasteiger partial charge >= 0.3 is 6.36 Å². The van der Waals surface area contributed by atoms with Crippen molar-refractivity contribution in [3.63, 3.8) is 0 Å². The second kappa shape index (κ2) is 12.7. The van der Waals surface area contributed by atoms with Gasteiger partial charge in [-0.05, 0) is 37.8 Å². The Hall–Kier alpha value is -1.49. The number of benzene rings is 1. The molecule has 0 aliphatic heterocycles. The van der Waals surface area contributed by atoms with Crippen LogP contribution in [0.2, 0.25) is 0 Å². The van der Waals surface area contributed by atoms with Gasteiger partial charge in [-0.15, -0.1) is 38.0 Å². The fraction of sp³-hybridized carbons (Fsp3) is 0.500. The molecule has 1 fully saturated rings. The van der Waals surface area contributed by atoms with E-state index >= 15 is 0 Å². The Morgan fingerprint density at radius 3 is 2.31 bits per heavy atom. The highest BCUT2D eigenvalue weighted by atomic mass is 79.9. The molecule has 1 heterocycles. The lowest BCUT2D eigenvalue weighted by atomic mass is 9.91. The average Bonchev–Trinajstić information content (AvgIpc) is 2.69. The Balaban J connectivity index is 0.00000256. The van der Waals surface area contributed by atoms with Gasteiger partial charge < -0.3 is 15.0 Å². The highest BCUT2D eigenvalue weighted by Crippen LogP contribution is 2.34. The summed E-state index contributed by atoms with van der Waals surface area (Å²) in [6.07, 6.45) is 0.661. The summed E-state index contributed by atoms with van der Waals surface area (Å²) in [5.41, 5.74) is 0.423. The van der Waals surface area contributed by atoms with E-state index in [1.54, 1.807) is 18.3 Å². The maximum Gasteiger partial charge on any atom is 0.573 e. The third kappa shape index (κ3) is 8.46. The minimum absolute atomic E-state index is 0. The van der Waals surface area contributed by atoms with Crippen molar-refractivity contribution in [1.82, 2.24) is 15.3 Å².